The van der Waals surface area contributed by atoms with E-state index >= 15 is 0 Å². The summed E-state index contributed by atoms with van der Waals surface area (Å²) in [6.07, 6.45) is 7.39. The van der Waals surface area contributed by atoms with Crippen molar-refractivity contribution in [3.63, 3.8) is 0 Å². The van der Waals surface area contributed by atoms with Gasteiger partial charge in [0, 0.05) is 19.0 Å². The minimum absolute atomic E-state index is 0.0507. The monoisotopic (exact) mass is 323 g/mol. The van der Waals surface area contributed by atoms with Gasteiger partial charge in [0.05, 0.1) is 23.6 Å². The molecule has 124 valence electrons. The first-order valence-electron chi connectivity index (χ1n) is 8.42. The third-order valence-electron chi connectivity index (χ3n) is 4.85. The zero-order valence-electron chi connectivity index (χ0n) is 13.7. The molecular formula is C18H21N5O. The van der Waals surface area contributed by atoms with Crippen LogP contribution in [0.3, 0.4) is 0 Å². The Labute approximate surface area is 140 Å². The molecule has 1 fully saturated rings. The smallest absolute Gasteiger partial charge is 0.269 e. The van der Waals surface area contributed by atoms with Gasteiger partial charge in [0.15, 0.2) is 0 Å². The molecule has 1 unspecified atom stereocenters. The summed E-state index contributed by atoms with van der Waals surface area (Å²) in [5.41, 5.74) is 2.68. The van der Waals surface area contributed by atoms with E-state index in [4.69, 9.17) is 4.98 Å². The molecule has 4 rings (SSSR count). The number of para-hydroxylation sites is 2. The SMILES string of the molecule is Cn1cncc1C(=O)N[C@@H]1CCCC(c2nc3ccccc3[nH]2)C1. The molecule has 0 aliphatic heterocycles. The molecule has 2 aromatic heterocycles. The zero-order valence-corrected chi connectivity index (χ0v) is 13.7. The van der Waals surface area contributed by atoms with Crippen LogP contribution in [-0.4, -0.2) is 31.5 Å². The van der Waals surface area contributed by atoms with Gasteiger partial charge in [-0.2, -0.15) is 0 Å². The van der Waals surface area contributed by atoms with Crippen molar-refractivity contribution in [2.75, 3.05) is 0 Å². The number of amides is 1. The first-order valence-corrected chi connectivity index (χ1v) is 8.42. The summed E-state index contributed by atoms with van der Waals surface area (Å²) in [4.78, 5) is 24.6. The number of aromatic amines is 1. The summed E-state index contributed by atoms with van der Waals surface area (Å²) in [7, 11) is 1.83. The maximum Gasteiger partial charge on any atom is 0.269 e. The number of hydrogen-bond acceptors (Lipinski definition) is 3. The highest BCUT2D eigenvalue weighted by Crippen LogP contribution is 2.32. The maximum absolute atomic E-state index is 12.4. The largest absolute Gasteiger partial charge is 0.348 e. The molecule has 1 saturated carbocycles. The predicted octanol–water partition coefficient (Wildman–Crippen LogP) is 2.75. The number of nitrogens with one attached hydrogen (secondary N) is 2. The lowest BCUT2D eigenvalue weighted by Crippen LogP contribution is -2.38. The van der Waals surface area contributed by atoms with E-state index in [1.54, 1.807) is 17.1 Å². The molecule has 6 heteroatoms. The van der Waals surface area contributed by atoms with E-state index in [1.807, 2.05) is 25.2 Å². The number of benzene rings is 1. The third kappa shape index (κ3) is 2.79. The fourth-order valence-corrected chi connectivity index (χ4v) is 3.57. The normalized spacial score (nSPS) is 21.0. The molecule has 0 saturated heterocycles. The minimum atomic E-state index is -0.0507. The average Bonchev–Trinajstić information content (AvgIpc) is 3.21. The Morgan fingerprint density at radius 3 is 3.00 bits per heavy atom. The summed E-state index contributed by atoms with van der Waals surface area (Å²) in [5, 5.41) is 3.15. The van der Waals surface area contributed by atoms with Crippen molar-refractivity contribution >= 4 is 16.9 Å². The van der Waals surface area contributed by atoms with Crippen LogP contribution in [0.1, 0.15) is 47.9 Å². The number of aromatic nitrogens is 4. The zero-order chi connectivity index (χ0) is 16.5. The van der Waals surface area contributed by atoms with Crippen molar-refractivity contribution in [1.82, 2.24) is 24.8 Å². The van der Waals surface area contributed by atoms with Gasteiger partial charge in [-0.15, -0.1) is 0 Å². The van der Waals surface area contributed by atoms with E-state index in [9.17, 15) is 4.79 Å². The van der Waals surface area contributed by atoms with Crippen LogP contribution in [-0.2, 0) is 7.05 Å². The van der Waals surface area contributed by atoms with Crippen molar-refractivity contribution in [1.29, 1.82) is 0 Å². The van der Waals surface area contributed by atoms with Crippen molar-refractivity contribution in [3.8, 4) is 0 Å². The maximum atomic E-state index is 12.4. The Morgan fingerprint density at radius 2 is 2.21 bits per heavy atom. The first-order chi connectivity index (χ1) is 11.7. The molecule has 1 amide bonds. The van der Waals surface area contributed by atoms with Gasteiger partial charge in [0.1, 0.15) is 11.5 Å². The lowest BCUT2D eigenvalue weighted by Gasteiger charge is -2.28. The molecule has 2 heterocycles. The van der Waals surface area contributed by atoms with Crippen molar-refractivity contribution in [2.45, 2.75) is 37.6 Å². The molecule has 6 nitrogen and oxygen atoms in total. The number of nitrogens with zero attached hydrogens (tertiary/aromatic N) is 3. The van der Waals surface area contributed by atoms with Crippen molar-refractivity contribution in [3.05, 3.63) is 48.3 Å². The molecule has 0 radical (unpaired) electrons. The molecule has 3 aromatic rings. The second-order valence-electron chi connectivity index (χ2n) is 6.56. The van der Waals surface area contributed by atoms with Gasteiger partial charge in [-0.3, -0.25) is 4.79 Å². The number of carbonyl (C=O) groups is 1. The third-order valence-corrected chi connectivity index (χ3v) is 4.85. The molecule has 2 N–H and O–H groups in total. The van der Waals surface area contributed by atoms with Crippen LogP contribution in [0.25, 0.3) is 11.0 Å². The van der Waals surface area contributed by atoms with E-state index in [-0.39, 0.29) is 11.9 Å². The number of fused-ring (bicyclic) bond motifs is 1. The van der Waals surface area contributed by atoms with E-state index in [2.05, 4.69) is 21.4 Å². The lowest BCUT2D eigenvalue weighted by molar-refractivity contribution is 0.0916. The van der Waals surface area contributed by atoms with Crippen LogP contribution >= 0.6 is 0 Å². The van der Waals surface area contributed by atoms with Gasteiger partial charge in [-0.25, -0.2) is 9.97 Å². The summed E-state index contributed by atoms with van der Waals surface area (Å²) in [6, 6.07) is 8.28. The van der Waals surface area contributed by atoms with E-state index in [0.717, 1.165) is 42.5 Å². The Bertz CT molecular complexity index is 832. The summed E-state index contributed by atoms with van der Waals surface area (Å²) < 4.78 is 1.74. The molecule has 1 aliphatic carbocycles. The summed E-state index contributed by atoms with van der Waals surface area (Å²) >= 11 is 0. The van der Waals surface area contributed by atoms with E-state index < -0.39 is 0 Å². The van der Waals surface area contributed by atoms with Crippen LogP contribution < -0.4 is 5.32 Å². The number of carbonyl (C=O) groups excluding carboxylic acids is 1. The Morgan fingerprint density at radius 1 is 1.33 bits per heavy atom. The quantitative estimate of drug-likeness (QED) is 0.778. The van der Waals surface area contributed by atoms with Crippen LogP contribution in [0.2, 0.25) is 0 Å². The second-order valence-corrected chi connectivity index (χ2v) is 6.56. The standard InChI is InChI=1S/C18H21N5O/c1-23-11-19-10-16(23)18(24)20-13-6-4-5-12(9-13)17-21-14-7-2-3-8-15(14)22-17/h2-3,7-8,10-13H,4-6,9H2,1H3,(H,20,24)(H,21,22)/t12?,13-/m1/s1. The highest BCUT2D eigenvalue weighted by atomic mass is 16.2. The number of hydrogen-bond donors (Lipinski definition) is 2. The predicted molar refractivity (Wildman–Crippen MR) is 91.8 cm³/mol. The highest BCUT2D eigenvalue weighted by molar-refractivity contribution is 5.92. The van der Waals surface area contributed by atoms with Gasteiger partial charge in [0.25, 0.3) is 5.91 Å². The number of aryl methyl sites for hydroxylation is 1. The van der Waals surface area contributed by atoms with Crippen molar-refractivity contribution < 1.29 is 4.79 Å². The summed E-state index contributed by atoms with van der Waals surface area (Å²) in [6.45, 7) is 0. The number of H-pyrrole nitrogens is 1. The topological polar surface area (TPSA) is 75.6 Å². The Hall–Kier alpha value is -2.63. The fraction of sp³-hybridized carbons (Fsp3) is 0.389. The molecule has 1 aromatic carbocycles. The van der Waals surface area contributed by atoms with Gasteiger partial charge < -0.3 is 14.9 Å². The molecule has 1 aliphatic rings. The van der Waals surface area contributed by atoms with Gasteiger partial charge in [0.2, 0.25) is 0 Å². The first kappa shape index (κ1) is 14.9. The van der Waals surface area contributed by atoms with Crippen LogP contribution in [0.4, 0.5) is 0 Å². The fourth-order valence-electron chi connectivity index (χ4n) is 3.57. The molecule has 0 spiro atoms. The van der Waals surface area contributed by atoms with E-state index in [0.29, 0.717) is 11.6 Å². The van der Waals surface area contributed by atoms with Gasteiger partial charge in [-0.05, 0) is 31.4 Å². The minimum Gasteiger partial charge on any atom is -0.348 e. The number of rotatable bonds is 3. The molecule has 2 atom stereocenters. The highest BCUT2D eigenvalue weighted by Gasteiger charge is 2.27. The van der Waals surface area contributed by atoms with Crippen molar-refractivity contribution in [2.24, 2.45) is 7.05 Å². The van der Waals surface area contributed by atoms with Gasteiger partial charge in [-0.1, -0.05) is 18.6 Å². The van der Waals surface area contributed by atoms with E-state index in [1.165, 1.54) is 0 Å². The lowest BCUT2D eigenvalue weighted by atomic mass is 9.85. The number of imidazole rings is 2. The van der Waals surface area contributed by atoms with Crippen LogP contribution in [0, 0.1) is 0 Å². The van der Waals surface area contributed by atoms with Crippen LogP contribution in [0.15, 0.2) is 36.8 Å². The Kier molecular flexibility index (Phi) is 3.80. The summed E-state index contributed by atoms with van der Waals surface area (Å²) in [5.74, 6) is 1.35. The average molecular weight is 323 g/mol. The molecule has 0 bridgehead atoms. The van der Waals surface area contributed by atoms with Gasteiger partial charge >= 0.3 is 0 Å². The molecular weight excluding hydrogens is 302 g/mol. The van der Waals surface area contributed by atoms with Crippen LogP contribution in [0.5, 0.6) is 0 Å². The molecule has 24 heavy (non-hydrogen) atoms. The Balaban J connectivity index is 1.47. The second kappa shape index (κ2) is 6.11.